The Bertz CT molecular complexity index is 1020. The first kappa shape index (κ1) is 20.0. The summed E-state index contributed by atoms with van der Waals surface area (Å²) in [6.07, 6.45) is 0. The summed E-state index contributed by atoms with van der Waals surface area (Å²) in [5.74, 6) is 1.09. The molecule has 0 unspecified atom stereocenters. The Labute approximate surface area is 168 Å². The van der Waals surface area contributed by atoms with Crippen LogP contribution in [0.15, 0.2) is 40.6 Å². The number of nitrogens with one attached hydrogen (secondary N) is 1. The van der Waals surface area contributed by atoms with Crippen molar-refractivity contribution >= 4 is 32.7 Å². The Balaban J connectivity index is 1.78. The van der Waals surface area contributed by atoms with Crippen molar-refractivity contribution in [1.29, 1.82) is 0 Å². The van der Waals surface area contributed by atoms with E-state index in [-0.39, 0.29) is 6.54 Å². The van der Waals surface area contributed by atoms with E-state index in [9.17, 15) is 8.42 Å². The maximum absolute atomic E-state index is 12.8. The van der Waals surface area contributed by atoms with Gasteiger partial charge in [-0.2, -0.15) is 0 Å². The summed E-state index contributed by atoms with van der Waals surface area (Å²) >= 11 is 3.01. The fourth-order valence-corrected chi connectivity index (χ4v) is 6.15. The van der Waals surface area contributed by atoms with Crippen molar-refractivity contribution in [2.24, 2.45) is 0 Å². The van der Waals surface area contributed by atoms with E-state index in [1.54, 1.807) is 24.5 Å². The quantitative estimate of drug-likeness (QED) is 0.594. The topological polar surface area (TPSA) is 68.3 Å². The van der Waals surface area contributed by atoms with Gasteiger partial charge in [0.05, 0.1) is 22.6 Å². The molecule has 1 N–H and O–H groups in total. The number of sulfonamides is 1. The zero-order valence-corrected chi connectivity index (χ0v) is 18.1. The minimum atomic E-state index is -3.60. The lowest BCUT2D eigenvalue weighted by Gasteiger charge is -2.07. The van der Waals surface area contributed by atoms with Crippen LogP contribution in [0.5, 0.6) is 5.75 Å². The average molecular weight is 423 g/mol. The lowest BCUT2D eigenvalue weighted by atomic mass is 10.2. The third-order valence-electron chi connectivity index (χ3n) is 4.11. The number of rotatable bonds is 7. The van der Waals surface area contributed by atoms with Crippen LogP contribution in [0.25, 0.3) is 9.88 Å². The Morgan fingerprint density at radius 1 is 1.22 bits per heavy atom. The lowest BCUT2D eigenvalue weighted by molar-refractivity contribution is 0.414. The molecule has 144 valence electrons. The summed E-state index contributed by atoms with van der Waals surface area (Å²) in [6.45, 7) is 6.24. The molecular weight excluding hydrogens is 400 g/mol. The highest BCUT2D eigenvalue weighted by molar-refractivity contribution is 7.89. The number of hydrogen-bond donors (Lipinski definition) is 1. The molecule has 5 nitrogen and oxygen atoms in total. The van der Waals surface area contributed by atoms with Gasteiger partial charge in [-0.25, -0.2) is 18.1 Å². The molecular formula is C19H22N2O3S3. The van der Waals surface area contributed by atoms with Crippen LogP contribution < -0.4 is 9.46 Å². The molecule has 0 atom stereocenters. The van der Waals surface area contributed by atoms with Gasteiger partial charge in [0.2, 0.25) is 10.0 Å². The molecule has 3 rings (SSSR count). The number of aryl methyl sites for hydroxylation is 1. The SMILES string of the molecule is COc1ccc(CNS(=O)(=O)c2cc(-c3nc(C(C)C)cs3)sc2C)cc1. The maximum Gasteiger partial charge on any atom is 0.241 e. The van der Waals surface area contributed by atoms with Crippen molar-refractivity contribution in [2.75, 3.05) is 7.11 Å². The molecule has 3 aromatic rings. The normalized spacial score (nSPS) is 11.9. The van der Waals surface area contributed by atoms with Gasteiger partial charge in [0.15, 0.2) is 0 Å². The minimum absolute atomic E-state index is 0.228. The second kappa shape index (κ2) is 8.10. The summed E-state index contributed by atoms with van der Waals surface area (Å²) < 4.78 is 33.3. The largest absolute Gasteiger partial charge is 0.497 e. The predicted octanol–water partition coefficient (Wildman–Crippen LogP) is 4.79. The van der Waals surface area contributed by atoms with E-state index in [4.69, 9.17) is 4.74 Å². The molecule has 0 saturated carbocycles. The van der Waals surface area contributed by atoms with Crippen molar-refractivity contribution in [1.82, 2.24) is 9.71 Å². The van der Waals surface area contributed by atoms with Crippen molar-refractivity contribution in [2.45, 2.75) is 38.1 Å². The highest BCUT2D eigenvalue weighted by Gasteiger charge is 2.21. The minimum Gasteiger partial charge on any atom is -0.497 e. The Morgan fingerprint density at radius 3 is 2.52 bits per heavy atom. The van der Waals surface area contributed by atoms with Crippen molar-refractivity contribution < 1.29 is 13.2 Å². The number of thiazole rings is 1. The number of hydrogen-bond acceptors (Lipinski definition) is 6. The molecule has 0 bridgehead atoms. The number of thiophene rings is 1. The fraction of sp³-hybridized carbons (Fsp3) is 0.316. The molecule has 0 aliphatic heterocycles. The zero-order valence-electron chi connectivity index (χ0n) is 15.6. The first-order valence-corrected chi connectivity index (χ1v) is 11.7. The summed E-state index contributed by atoms with van der Waals surface area (Å²) in [4.78, 5) is 6.59. The number of ether oxygens (including phenoxy) is 1. The zero-order chi connectivity index (χ0) is 19.6. The molecule has 0 amide bonds. The Hall–Kier alpha value is -1.74. The van der Waals surface area contributed by atoms with Crippen LogP contribution in [0.2, 0.25) is 0 Å². The van der Waals surface area contributed by atoms with Crippen LogP contribution in [0, 0.1) is 6.92 Å². The monoisotopic (exact) mass is 422 g/mol. The van der Waals surface area contributed by atoms with E-state index in [1.165, 1.54) is 11.3 Å². The molecule has 0 saturated heterocycles. The van der Waals surface area contributed by atoms with Gasteiger partial charge in [0.1, 0.15) is 10.8 Å². The number of methoxy groups -OCH3 is 1. The standard InChI is InChI=1S/C19H22N2O3S3/c1-12(2)16-11-25-19(21-16)17-9-18(13(3)26-17)27(22,23)20-10-14-5-7-15(24-4)8-6-14/h5-9,11-12,20H,10H2,1-4H3. The van der Waals surface area contributed by atoms with Gasteiger partial charge in [-0.15, -0.1) is 22.7 Å². The van der Waals surface area contributed by atoms with E-state index in [0.29, 0.717) is 10.8 Å². The van der Waals surface area contributed by atoms with Crippen LogP contribution in [-0.4, -0.2) is 20.5 Å². The number of aromatic nitrogens is 1. The van der Waals surface area contributed by atoms with Crippen molar-refractivity contribution in [3.05, 3.63) is 51.8 Å². The predicted molar refractivity (Wildman–Crippen MR) is 111 cm³/mol. The summed E-state index contributed by atoms with van der Waals surface area (Å²) in [6, 6.07) is 9.03. The van der Waals surface area contributed by atoms with Crippen LogP contribution >= 0.6 is 22.7 Å². The van der Waals surface area contributed by atoms with E-state index >= 15 is 0 Å². The second-order valence-electron chi connectivity index (χ2n) is 6.44. The molecule has 2 heterocycles. The maximum atomic E-state index is 12.8. The highest BCUT2D eigenvalue weighted by atomic mass is 32.2. The molecule has 2 aromatic heterocycles. The van der Waals surface area contributed by atoms with Gasteiger partial charge in [-0.1, -0.05) is 26.0 Å². The third kappa shape index (κ3) is 4.57. The second-order valence-corrected chi connectivity index (χ2v) is 10.3. The molecule has 0 aliphatic carbocycles. The van der Waals surface area contributed by atoms with Crippen molar-refractivity contribution in [3.8, 4) is 15.6 Å². The lowest BCUT2D eigenvalue weighted by Crippen LogP contribution is -2.23. The first-order chi connectivity index (χ1) is 12.8. The van der Waals surface area contributed by atoms with Gasteiger partial charge >= 0.3 is 0 Å². The summed E-state index contributed by atoms with van der Waals surface area (Å²) in [5.41, 5.74) is 1.90. The van der Waals surface area contributed by atoms with Gasteiger partial charge in [0.25, 0.3) is 0 Å². The van der Waals surface area contributed by atoms with E-state index < -0.39 is 10.0 Å². The number of benzene rings is 1. The van der Waals surface area contributed by atoms with Crippen LogP contribution in [-0.2, 0) is 16.6 Å². The van der Waals surface area contributed by atoms with E-state index in [2.05, 4.69) is 23.6 Å². The third-order valence-corrected chi connectivity index (χ3v) is 7.85. The van der Waals surface area contributed by atoms with E-state index in [1.807, 2.05) is 36.6 Å². The van der Waals surface area contributed by atoms with Gasteiger partial charge in [0, 0.05) is 16.8 Å². The van der Waals surface area contributed by atoms with Crippen LogP contribution in [0.1, 0.15) is 35.9 Å². The van der Waals surface area contributed by atoms with E-state index in [0.717, 1.165) is 31.8 Å². The molecule has 0 spiro atoms. The van der Waals surface area contributed by atoms with Crippen molar-refractivity contribution in [3.63, 3.8) is 0 Å². The van der Waals surface area contributed by atoms with Gasteiger partial charge in [-0.3, -0.25) is 0 Å². The molecule has 27 heavy (non-hydrogen) atoms. The summed E-state index contributed by atoms with van der Waals surface area (Å²) in [5, 5.41) is 2.90. The van der Waals surface area contributed by atoms with Crippen LogP contribution in [0.4, 0.5) is 0 Å². The van der Waals surface area contributed by atoms with Crippen LogP contribution in [0.3, 0.4) is 0 Å². The summed E-state index contributed by atoms with van der Waals surface area (Å²) in [7, 11) is -2.00. The molecule has 0 aliphatic rings. The van der Waals surface area contributed by atoms with Gasteiger partial charge < -0.3 is 4.74 Å². The number of nitrogens with zero attached hydrogens (tertiary/aromatic N) is 1. The fourth-order valence-electron chi connectivity index (χ4n) is 2.50. The molecule has 8 heteroatoms. The Kier molecular flexibility index (Phi) is 6.00. The molecule has 0 radical (unpaired) electrons. The first-order valence-electron chi connectivity index (χ1n) is 8.49. The highest BCUT2D eigenvalue weighted by Crippen LogP contribution is 2.36. The Morgan fingerprint density at radius 2 is 1.93 bits per heavy atom. The molecule has 1 aromatic carbocycles. The average Bonchev–Trinajstić information content (AvgIpc) is 3.27. The smallest absolute Gasteiger partial charge is 0.241 e. The van der Waals surface area contributed by atoms with Gasteiger partial charge in [-0.05, 0) is 36.6 Å². The molecule has 0 fully saturated rings.